The molecule has 26 heavy (non-hydrogen) atoms. The van der Waals surface area contributed by atoms with Crippen LogP contribution >= 0.6 is 11.3 Å². The summed E-state index contributed by atoms with van der Waals surface area (Å²) in [5.74, 6) is 0.431. The van der Waals surface area contributed by atoms with Crippen molar-refractivity contribution in [2.45, 2.75) is 6.92 Å². The number of allylic oxidation sites excluding steroid dienone is 1. The second-order valence-corrected chi connectivity index (χ2v) is 6.61. The van der Waals surface area contributed by atoms with Gasteiger partial charge in [-0.25, -0.2) is 4.98 Å². The number of ketones is 1. The van der Waals surface area contributed by atoms with Crippen molar-refractivity contribution >= 4 is 23.2 Å². The number of aryl methyl sites for hydroxylation is 1. The zero-order chi connectivity index (χ0) is 18.7. The van der Waals surface area contributed by atoms with Crippen molar-refractivity contribution in [3.05, 3.63) is 64.7 Å². The third kappa shape index (κ3) is 3.75. The molecule has 1 aromatic heterocycles. The topological polar surface area (TPSA) is 79.7 Å². The monoisotopic (exact) mass is 367 g/mol. The third-order valence-corrected chi connectivity index (χ3v) is 4.99. The van der Waals surface area contributed by atoms with E-state index in [1.165, 1.54) is 30.6 Å². The number of aromatic hydroxyl groups is 2. The van der Waals surface area contributed by atoms with E-state index in [1.807, 2.05) is 0 Å². The highest BCUT2D eigenvalue weighted by Crippen LogP contribution is 2.30. The lowest BCUT2D eigenvalue weighted by Crippen LogP contribution is -1.93. The number of rotatable bonds is 5. The van der Waals surface area contributed by atoms with Crippen LogP contribution in [0.25, 0.3) is 16.6 Å². The fourth-order valence-corrected chi connectivity index (χ4v) is 3.40. The standard InChI is InChI=1S/C20H17NO4S/c1-12-19(26-20(21-12)14-5-7-15(22)8-6-14)16(23)9-3-13-4-10-18(25-2)17(24)11-13/h3-11,22,24H,1-2H3/b9-3+. The molecule has 3 aromatic rings. The quantitative estimate of drug-likeness (QED) is 0.515. The van der Waals surface area contributed by atoms with Gasteiger partial charge in [-0.1, -0.05) is 12.1 Å². The first-order chi connectivity index (χ1) is 12.5. The third-order valence-electron chi connectivity index (χ3n) is 3.76. The van der Waals surface area contributed by atoms with Gasteiger partial charge in [0.2, 0.25) is 0 Å². The average Bonchev–Trinajstić information content (AvgIpc) is 3.02. The molecule has 1 heterocycles. The summed E-state index contributed by atoms with van der Waals surface area (Å²) >= 11 is 1.31. The van der Waals surface area contributed by atoms with E-state index < -0.39 is 0 Å². The van der Waals surface area contributed by atoms with Gasteiger partial charge in [-0.15, -0.1) is 11.3 Å². The molecule has 132 valence electrons. The molecule has 0 aliphatic rings. The van der Waals surface area contributed by atoms with Gasteiger partial charge in [0.1, 0.15) is 10.8 Å². The summed E-state index contributed by atoms with van der Waals surface area (Å²) in [6.07, 6.45) is 3.10. The van der Waals surface area contributed by atoms with Gasteiger partial charge in [0.15, 0.2) is 17.3 Å². The van der Waals surface area contributed by atoms with Crippen LogP contribution in [0.4, 0.5) is 0 Å². The first-order valence-electron chi connectivity index (χ1n) is 7.84. The number of ether oxygens (including phenoxy) is 1. The Balaban J connectivity index is 1.82. The molecule has 0 radical (unpaired) electrons. The van der Waals surface area contributed by atoms with E-state index in [1.54, 1.807) is 49.4 Å². The molecule has 3 rings (SSSR count). The van der Waals surface area contributed by atoms with Crippen molar-refractivity contribution in [2.75, 3.05) is 7.11 Å². The molecule has 0 fully saturated rings. The highest BCUT2D eigenvalue weighted by atomic mass is 32.1. The van der Waals surface area contributed by atoms with Crippen molar-refractivity contribution in [1.82, 2.24) is 4.98 Å². The summed E-state index contributed by atoms with van der Waals surface area (Å²) in [5.41, 5.74) is 2.20. The summed E-state index contributed by atoms with van der Waals surface area (Å²) in [6, 6.07) is 11.6. The Labute approximate surface area is 154 Å². The lowest BCUT2D eigenvalue weighted by molar-refractivity contribution is 0.105. The van der Waals surface area contributed by atoms with Crippen LogP contribution in [-0.2, 0) is 0 Å². The fourth-order valence-electron chi connectivity index (χ4n) is 2.41. The van der Waals surface area contributed by atoms with Crippen molar-refractivity contribution < 1.29 is 19.7 Å². The van der Waals surface area contributed by atoms with E-state index in [0.717, 1.165) is 10.6 Å². The second kappa shape index (κ2) is 7.41. The van der Waals surface area contributed by atoms with Gasteiger partial charge in [-0.2, -0.15) is 0 Å². The Morgan fingerprint density at radius 1 is 1.15 bits per heavy atom. The summed E-state index contributed by atoms with van der Waals surface area (Å²) in [5, 5.41) is 19.9. The van der Waals surface area contributed by atoms with E-state index in [0.29, 0.717) is 21.9 Å². The van der Waals surface area contributed by atoms with Gasteiger partial charge in [0.25, 0.3) is 0 Å². The number of phenolic OH excluding ortho intramolecular Hbond substituents is 2. The van der Waals surface area contributed by atoms with Gasteiger partial charge in [0, 0.05) is 5.56 Å². The number of carbonyl (C=O) groups excluding carboxylic acids is 1. The average molecular weight is 367 g/mol. The van der Waals surface area contributed by atoms with Gasteiger partial charge >= 0.3 is 0 Å². The van der Waals surface area contributed by atoms with E-state index in [4.69, 9.17) is 4.74 Å². The van der Waals surface area contributed by atoms with Crippen LogP contribution in [0.2, 0.25) is 0 Å². The fraction of sp³-hybridized carbons (Fsp3) is 0.100. The summed E-state index contributed by atoms with van der Waals surface area (Å²) in [4.78, 5) is 17.5. The molecule has 5 nitrogen and oxygen atoms in total. The van der Waals surface area contributed by atoms with E-state index in [-0.39, 0.29) is 17.3 Å². The van der Waals surface area contributed by atoms with Crippen molar-refractivity contribution in [1.29, 1.82) is 0 Å². The number of nitrogens with zero attached hydrogens (tertiary/aromatic N) is 1. The Morgan fingerprint density at radius 2 is 1.88 bits per heavy atom. The molecule has 2 N–H and O–H groups in total. The molecule has 2 aromatic carbocycles. The minimum Gasteiger partial charge on any atom is -0.508 e. The van der Waals surface area contributed by atoms with Crippen molar-refractivity contribution in [3.63, 3.8) is 0 Å². The van der Waals surface area contributed by atoms with Gasteiger partial charge in [-0.3, -0.25) is 4.79 Å². The number of benzene rings is 2. The Hall–Kier alpha value is -3.12. The smallest absolute Gasteiger partial charge is 0.197 e. The SMILES string of the molecule is COc1ccc(/C=C/C(=O)c2sc(-c3ccc(O)cc3)nc2C)cc1O. The number of phenols is 2. The number of thiazole rings is 1. The highest BCUT2D eigenvalue weighted by molar-refractivity contribution is 7.17. The minimum absolute atomic E-state index is 0.0192. The molecule has 0 aliphatic heterocycles. The van der Waals surface area contributed by atoms with Crippen LogP contribution in [0.5, 0.6) is 17.2 Å². The zero-order valence-corrected chi connectivity index (χ0v) is 15.1. The van der Waals surface area contributed by atoms with Gasteiger partial charge < -0.3 is 14.9 Å². The molecular formula is C20H17NO4S. The van der Waals surface area contributed by atoms with Crippen LogP contribution in [0.15, 0.2) is 48.5 Å². The number of hydrogen-bond acceptors (Lipinski definition) is 6. The molecule has 0 saturated carbocycles. The highest BCUT2D eigenvalue weighted by Gasteiger charge is 2.14. The van der Waals surface area contributed by atoms with Crippen molar-refractivity contribution in [3.8, 4) is 27.8 Å². The molecule has 0 bridgehead atoms. The van der Waals surface area contributed by atoms with E-state index >= 15 is 0 Å². The zero-order valence-electron chi connectivity index (χ0n) is 14.3. The largest absolute Gasteiger partial charge is 0.508 e. The maximum atomic E-state index is 12.5. The van der Waals surface area contributed by atoms with Crippen LogP contribution < -0.4 is 4.74 Å². The summed E-state index contributed by atoms with van der Waals surface area (Å²) in [7, 11) is 1.48. The number of hydrogen-bond donors (Lipinski definition) is 2. The van der Waals surface area contributed by atoms with Gasteiger partial charge in [-0.05, 0) is 55.0 Å². The molecule has 0 amide bonds. The number of aromatic nitrogens is 1. The maximum absolute atomic E-state index is 12.5. The van der Waals surface area contributed by atoms with Crippen LogP contribution in [0, 0.1) is 6.92 Å². The summed E-state index contributed by atoms with van der Waals surface area (Å²) in [6.45, 7) is 1.79. The first-order valence-corrected chi connectivity index (χ1v) is 8.66. The van der Waals surface area contributed by atoms with Crippen LogP contribution in [-0.4, -0.2) is 28.1 Å². The molecule has 0 atom stereocenters. The van der Waals surface area contributed by atoms with E-state index in [9.17, 15) is 15.0 Å². The van der Waals surface area contributed by atoms with Crippen molar-refractivity contribution in [2.24, 2.45) is 0 Å². The Bertz CT molecular complexity index is 974. The Kier molecular flexibility index (Phi) is 5.04. The molecule has 0 aliphatic carbocycles. The number of methoxy groups -OCH3 is 1. The molecule has 0 saturated heterocycles. The molecule has 6 heteroatoms. The molecule has 0 spiro atoms. The molecular weight excluding hydrogens is 350 g/mol. The lowest BCUT2D eigenvalue weighted by atomic mass is 10.1. The van der Waals surface area contributed by atoms with E-state index in [2.05, 4.69) is 4.98 Å². The predicted molar refractivity (Wildman–Crippen MR) is 102 cm³/mol. The van der Waals surface area contributed by atoms with Crippen LogP contribution in [0.1, 0.15) is 20.9 Å². The van der Waals surface area contributed by atoms with Gasteiger partial charge in [0.05, 0.1) is 17.7 Å². The minimum atomic E-state index is -0.152. The number of carbonyl (C=O) groups is 1. The molecule has 0 unspecified atom stereocenters. The first kappa shape index (κ1) is 17.7. The lowest BCUT2D eigenvalue weighted by Gasteiger charge is -2.03. The predicted octanol–water partition coefficient (Wildman–Crippen LogP) is 4.43. The maximum Gasteiger partial charge on any atom is 0.197 e. The second-order valence-electron chi connectivity index (χ2n) is 5.61. The Morgan fingerprint density at radius 3 is 2.54 bits per heavy atom. The van der Waals surface area contributed by atoms with Crippen LogP contribution in [0.3, 0.4) is 0 Å². The normalized spacial score (nSPS) is 11.0. The summed E-state index contributed by atoms with van der Waals surface area (Å²) < 4.78 is 5.00.